The molecule has 1 aromatic heterocycles. The van der Waals surface area contributed by atoms with Gasteiger partial charge in [0, 0.05) is 6.04 Å². The van der Waals surface area contributed by atoms with Crippen LogP contribution in [0.1, 0.15) is 40.0 Å². The van der Waals surface area contributed by atoms with E-state index < -0.39 is 15.9 Å². The highest BCUT2D eigenvalue weighted by molar-refractivity contribution is 14.0. The maximum Gasteiger partial charge on any atom is 0.190 e. The van der Waals surface area contributed by atoms with Crippen molar-refractivity contribution in [3.63, 3.8) is 0 Å². The van der Waals surface area contributed by atoms with Crippen LogP contribution in [0.15, 0.2) is 26.7 Å². The highest BCUT2D eigenvalue weighted by Crippen LogP contribution is 2.18. The summed E-state index contributed by atoms with van der Waals surface area (Å²) in [4.78, 5) is 4.05. The Morgan fingerprint density at radius 2 is 2.04 bits per heavy atom. The molecule has 0 saturated heterocycles. The van der Waals surface area contributed by atoms with Crippen LogP contribution in [-0.2, 0) is 9.84 Å². The van der Waals surface area contributed by atoms with Crippen LogP contribution in [0, 0.1) is 5.92 Å². The molecule has 0 aliphatic rings. The predicted octanol–water partition coefficient (Wildman–Crippen LogP) is 2.62. The topological polar surface area (TPSA) is 105 Å². The maximum atomic E-state index is 12.1. The first-order valence-electron chi connectivity index (χ1n) is 8.21. The minimum absolute atomic E-state index is 0. The highest BCUT2D eigenvalue weighted by Gasteiger charge is 2.20. The Morgan fingerprint density at radius 1 is 1.36 bits per heavy atom. The summed E-state index contributed by atoms with van der Waals surface area (Å²) in [6.45, 7) is 6.38. The van der Waals surface area contributed by atoms with Gasteiger partial charge in [0.15, 0.2) is 15.8 Å². The van der Waals surface area contributed by atoms with Gasteiger partial charge in [-0.3, -0.25) is 4.99 Å². The lowest BCUT2D eigenvalue weighted by Gasteiger charge is -2.15. The minimum atomic E-state index is -3.47. The van der Waals surface area contributed by atoms with Crippen molar-refractivity contribution in [2.24, 2.45) is 16.6 Å². The third kappa shape index (κ3) is 10.4. The van der Waals surface area contributed by atoms with Crippen LogP contribution in [0.3, 0.4) is 0 Å². The Balaban J connectivity index is 0.00000576. The number of nitrogens with two attached hydrogens (primary N) is 1. The fourth-order valence-corrected chi connectivity index (χ4v) is 4.70. The molecule has 0 spiro atoms. The average molecular weight is 503 g/mol. The van der Waals surface area contributed by atoms with Gasteiger partial charge in [0.2, 0.25) is 0 Å². The molecule has 2 atom stereocenters. The molecule has 0 fully saturated rings. The van der Waals surface area contributed by atoms with Gasteiger partial charge >= 0.3 is 0 Å². The van der Waals surface area contributed by atoms with Crippen LogP contribution in [0.5, 0.6) is 0 Å². The van der Waals surface area contributed by atoms with Crippen LogP contribution in [0.4, 0.5) is 0 Å². The number of rotatable bonds is 10. The summed E-state index contributed by atoms with van der Waals surface area (Å²) in [5, 5.41) is 14.7. The average Bonchev–Trinajstić information content (AvgIpc) is 2.99. The van der Waals surface area contributed by atoms with Crippen molar-refractivity contribution in [3.05, 3.63) is 17.5 Å². The van der Waals surface area contributed by atoms with Crippen molar-refractivity contribution in [1.82, 2.24) is 5.32 Å². The third-order valence-electron chi connectivity index (χ3n) is 3.50. The monoisotopic (exact) mass is 503 g/mol. The Bertz CT molecular complexity index is 604. The molecule has 0 saturated carbocycles. The molecule has 0 radical (unpaired) electrons. The first-order chi connectivity index (χ1) is 11.2. The van der Waals surface area contributed by atoms with Gasteiger partial charge in [0.1, 0.15) is 4.21 Å². The van der Waals surface area contributed by atoms with Gasteiger partial charge in [-0.25, -0.2) is 8.42 Å². The largest absolute Gasteiger partial charge is 0.390 e. The zero-order valence-electron chi connectivity index (χ0n) is 15.0. The van der Waals surface area contributed by atoms with E-state index in [9.17, 15) is 13.5 Å². The summed E-state index contributed by atoms with van der Waals surface area (Å²) < 4.78 is 24.4. The molecule has 1 heterocycles. The van der Waals surface area contributed by atoms with Gasteiger partial charge in [-0.1, -0.05) is 32.8 Å². The van der Waals surface area contributed by atoms with E-state index >= 15 is 0 Å². The molecule has 6 nitrogen and oxygen atoms in total. The minimum Gasteiger partial charge on any atom is -0.390 e. The van der Waals surface area contributed by atoms with E-state index in [0.29, 0.717) is 5.92 Å². The number of aliphatic hydroxyl groups is 1. The van der Waals surface area contributed by atoms with E-state index in [1.54, 1.807) is 11.4 Å². The number of sulfone groups is 1. The number of hydrogen-bond acceptors (Lipinski definition) is 5. The summed E-state index contributed by atoms with van der Waals surface area (Å²) in [7, 11) is -3.47. The van der Waals surface area contributed by atoms with Crippen LogP contribution in [0.25, 0.3) is 0 Å². The summed E-state index contributed by atoms with van der Waals surface area (Å²) in [5.41, 5.74) is 5.79. The van der Waals surface area contributed by atoms with E-state index in [2.05, 4.69) is 24.2 Å². The van der Waals surface area contributed by atoms with E-state index in [-0.39, 0.29) is 52.5 Å². The SMILES string of the molecule is CC(C)CCCC(C)NC(N)=NCC(O)CS(=O)(=O)c1cccs1.I. The molecule has 1 aromatic rings. The molecule has 0 aliphatic heterocycles. The van der Waals surface area contributed by atoms with Gasteiger partial charge in [0.05, 0.1) is 18.4 Å². The zero-order chi connectivity index (χ0) is 18.2. The molecule has 0 amide bonds. The summed E-state index contributed by atoms with van der Waals surface area (Å²) in [6, 6.07) is 3.40. The molecule has 25 heavy (non-hydrogen) atoms. The van der Waals surface area contributed by atoms with Crippen LogP contribution in [0.2, 0.25) is 0 Å². The van der Waals surface area contributed by atoms with Crippen molar-refractivity contribution in [1.29, 1.82) is 0 Å². The molecule has 0 aliphatic carbocycles. The van der Waals surface area contributed by atoms with E-state index in [1.807, 2.05) is 6.92 Å². The van der Waals surface area contributed by atoms with Crippen molar-refractivity contribution >= 4 is 51.1 Å². The summed E-state index contributed by atoms with van der Waals surface area (Å²) >= 11 is 1.14. The quantitative estimate of drug-likeness (QED) is 0.259. The number of thiophene rings is 1. The van der Waals surface area contributed by atoms with Crippen LogP contribution >= 0.6 is 35.3 Å². The molecule has 0 aromatic carbocycles. The van der Waals surface area contributed by atoms with E-state index in [4.69, 9.17) is 5.73 Å². The van der Waals surface area contributed by atoms with Crippen molar-refractivity contribution in [2.75, 3.05) is 12.3 Å². The molecule has 9 heteroatoms. The molecule has 0 bridgehead atoms. The van der Waals surface area contributed by atoms with Crippen molar-refractivity contribution < 1.29 is 13.5 Å². The first kappa shape index (κ1) is 24.6. The fraction of sp³-hybridized carbons (Fsp3) is 0.688. The molecular formula is C16H30IN3O3S2. The number of aliphatic hydroxyl groups excluding tert-OH is 1. The smallest absolute Gasteiger partial charge is 0.190 e. The molecule has 1 rings (SSSR count). The fourth-order valence-electron chi connectivity index (χ4n) is 2.23. The lowest BCUT2D eigenvalue weighted by molar-refractivity contribution is 0.206. The lowest BCUT2D eigenvalue weighted by atomic mass is 10.0. The van der Waals surface area contributed by atoms with Crippen LogP contribution in [-0.4, -0.2) is 43.9 Å². The zero-order valence-corrected chi connectivity index (χ0v) is 19.0. The second-order valence-corrected chi connectivity index (χ2v) is 9.67. The lowest BCUT2D eigenvalue weighted by Crippen LogP contribution is -2.39. The van der Waals surface area contributed by atoms with Crippen LogP contribution < -0.4 is 11.1 Å². The third-order valence-corrected chi connectivity index (χ3v) is 6.78. The van der Waals surface area contributed by atoms with Crippen molar-refractivity contribution in [3.8, 4) is 0 Å². The van der Waals surface area contributed by atoms with E-state index in [1.165, 1.54) is 12.5 Å². The Kier molecular flexibility index (Phi) is 11.9. The Hall–Kier alpha value is -0.390. The molecule has 2 unspecified atom stereocenters. The summed E-state index contributed by atoms with van der Waals surface area (Å²) in [5.74, 6) is 0.567. The molecule has 146 valence electrons. The summed E-state index contributed by atoms with van der Waals surface area (Å²) in [6.07, 6.45) is 2.20. The number of nitrogens with one attached hydrogen (secondary N) is 1. The number of nitrogens with zero attached hydrogens (tertiary/aromatic N) is 1. The Labute approximate surface area is 172 Å². The first-order valence-corrected chi connectivity index (χ1v) is 10.7. The molecule has 4 N–H and O–H groups in total. The van der Waals surface area contributed by atoms with Gasteiger partial charge in [-0.15, -0.1) is 35.3 Å². The standard InChI is InChI=1S/C16H29N3O3S2.HI/c1-12(2)6-4-7-13(3)19-16(17)18-10-14(20)11-24(21,22)15-8-5-9-23-15;/h5,8-9,12-14,20H,4,6-7,10-11H2,1-3H3,(H3,17,18,19);1H. The van der Waals surface area contributed by atoms with Crippen molar-refractivity contribution in [2.45, 2.75) is 56.4 Å². The number of hydrogen-bond donors (Lipinski definition) is 3. The van der Waals surface area contributed by atoms with Gasteiger partial charge in [-0.05, 0) is 30.7 Å². The second-order valence-electron chi connectivity index (χ2n) is 6.46. The van der Waals surface area contributed by atoms with Gasteiger partial charge in [0.25, 0.3) is 0 Å². The molecular weight excluding hydrogens is 473 g/mol. The number of halogens is 1. The van der Waals surface area contributed by atoms with E-state index in [0.717, 1.165) is 24.2 Å². The Morgan fingerprint density at radius 3 is 2.60 bits per heavy atom. The highest BCUT2D eigenvalue weighted by atomic mass is 127. The number of aliphatic imine (C=N–C) groups is 1. The van der Waals surface area contributed by atoms with Gasteiger partial charge in [-0.2, -0.15) is 0 Å². The maximum absolute atomic E-state index is 12.1. The number of guanidine groups is 1. The predicted molar refractivity (Wildman–Crippen MR) is 116 cm³/mol. The normalized spacial score (nSPS) is 14.8. The second kappa shape index (κ2) is 12.1. The van der Waals surface area contributed by atoms with Gasteiger partial charge < -0.3 is 16.2 Å².